The molecule has 5 nitrogen and oxygen atoms in total. The van der Waals surface area contributed by atoms with Crippen LogP contribution in [0.5, 0.6) is 0 Å². The summed E-state index contributed by atoms with van der Waals surface area (Å²) in [7, 11) is 0. The van der Waals surface area contributed by atoms with E-state index in [1.165, 1.54) is 12.4 Å². The number of aromatic nitrogens is 3. The fraction of sp³-hybridized carbons (Fsp3) is 0.529. The van der Waals surface area contributed by atoms with Crippen LogP contribution in [0, 0.1) is 17.6 Å². The van der Waals surface area contributed by atoms with Gasteiger partial charge in [0.1, 0.15) is 12.2 Å². The number of halogens is 2. The van der Waals surface area contributed by atoms with Crippen molar-refractivity contribution in [1.29, 1.82) is 0 Å². The summed E-state index contributed by atoms with van der Waals surface area (Å²) in [4.78, 5) is 6.35. The molecule has 24 heavy (non-hydrogen) atoms. The maximum absolute atomic E-state index is 13.6. The van der Waals surface area contributed by atoms with Crippen molar-refractivity contribution < 1.29 is 13.9 Å². The zero-order valence-corrected chi connectivity index (χ0v) is 13.9. The number of aliphatic hydroxyl groups is 1. The normalized spacial score (nSPS) is 21.8. The third-order valence-corrected chi connectivity index (χ3v) is 4.29. The Hall–Kier alpha value is -1.86. The molecule has 0 radical (unpaired) electrons. The average molecular weight is 336 g/mol. The molecule has 0 amide bonds. The Kier molecular flexibility index (Phi) is 4.91. The van der Waals surface area contributed by atoms with Gasteiger partial charge in [0.2, 0.25) is 0 Å². The van der Waals surface area contributed by atoms with Gasteiger partial charge >= 0.3 is 0 Å². The van der Waals surface area contributed by atoms with E-state index >= 15 is 0 Å². The minimum absolute atomic E-state index is 0.167. The molecule has 1 N–H and O–H groups in total. The highest BCUT2D eigenvalue weighted by Crippen LogP contribution is 2.33. The largest absolute Gasteiger partial charge is 0.392 e. The lowest BCUT2D eigenvalue weighted by molar-refractivity contribution is 0.170. The summed E-state index contributed by atoms with van der Waals surface area (Å²) in [5, 5.41) is 14.3. The van der Waals surface area contributed by atoms with Crippen molar-refractivity contribution >= 4 is 0 Å². The van der Waals surface area contributed by atoms with Crippen molar-refractivity contribution in [2.75, 3.05) is 6.54 Å². The molecule has 3 rings (SSSR count). The zero-order chi connectivity index (χ0) is 17.3. The Morgan fingerprint density at radius 2 is 2.08 bits per heavy atom. The molecule has 0 bridgehead atoms. The molecule has 0 aliphatic carbocycles. The summed E-state index contributed by atoms with van der Waals surface area (Å²) in [6.07, 6.45) is 1.52. The molecule has 2 aromatic rings. The molecule has 2 heterocycles. The Morgan fingerprint density at radius 1 is 1.29 bits per heavy atom. The summed E-state index contributed by atoms with van der Waals surface area (Å²) >= 11 is 0. The van der Waals surface area contributed by atoms with Gasteiger partial charge < -0.3 is 5.11 Å². The van der Waals surface area contributed by atoms with Crippen molar-refractivity contribution in [2.24, 2.45) is 5.92 Å². The topological polar surface area (TPSA) is 54.2 Å². The van der Waals surface area contributed by atoms with E-state index in [-0.39, 0.29) is 6.04 Å². The Bertz CT molecular complexity index is 704. The third kappa shape index (κ3) is 3.62. The van der Waals surface area contributed by atoms with Crippen molar-refractivity contribution in [3.63, 3.8) is 0 Å². The lowest BCUT2D eigenvalue weighted by atomic mass is 10.0. The van der Waals surface area contributed by atoms with Crippen molar-refractivity contribution in [2.45, 2.75) is 45.5 Å². The minimum Gasteiger partial charge on any atom is -0.392 e. The lowest BCUT2D eigenvalue weighted by Crippen LogP contribution is -2.27. The predicted octanol–water partition coefficient (Wildman–Crippen LogP) is 2.52. The van der Waals surface area contributed by atoms with E-state index in [0.29, 0.717) is 31.0 Å². The minimum atomic E-state index is -0.864. The monoisotopic (exact) mass is 336 g/mol. The van der Waals surface area contributed by atoms with Crippen LogP contribution in [-0.2, 0) is 13.1 Å². The summed E-state index contributed by atoms with van der Waals surface area (Å²) in [6.45, 7) is 5.96. The van der Waals surface area contributed by atoms with Crippen LogP contribution in [0.25, 0.3) is 0 Å². The third-order valence-electron chi connectivity index (χ3n) is 4.29. The van der Waals surface area contributed by atoms with Crippen molar-refractivity contribution in [3.8, 4) is 0 Å². The standard InChI is InChI=1S/C17H22F2N4O/c1-11(2)7-23-17(20-10-21-23)9-22-8-13(24)6-16(22)12-3-4-14(18)15(19)5-12/h3-5,10-11,13,16,24H,6-9H2,1-2H3. The molecular weight excluding hydrogens is 314 g/mol. The summed E-state index contributed by atoms with van der Waals surface area (Å²) in [5.41, 5.74) is 0.667. The smallest absolute Gasteiger partial charge is 0.159 e. The highest BCUT2D eigenvalue weighted by molar-refractivity contribution is 5.23. The van der Waals surface area contributed by atoms with E-state index in [9.17, 15) is 13.9 Å². The quantitative estimate of drug-likeness (QED) is 0.912. The molecule has 7 heteroatoms. The molecule has 1 fully saturated rings. The van der Waals surface area contributed by atoms with Gasteiger partial charge in [-0.2, -0.15) is 5.10 Å². The van der Waals surface area contributed by atoms with Gasteiger partial charge in [-0.25, -0.2) is 18.4 Å². The van der Waals surface area contributed by atoms with Crippen molar-refractivity contribution in [1.82, 2.24) is 19.7 Å². The fourth-order valence-electron chi connectivity index (χ4n) is 3.21. The van der Waals surface area contributed by atoms with E-state index in [4.69, 9.17) is 0 Å². The molecular formula is C17H22F2N4O. The Labute approximate surface area is 139 Å². The number of hydrogen-bond donors (Lipinski definition) is 1. The van der Waals surface area contributed by atoms with E-state index in [1.807, 2.05) is 9.58 Å². The first-order valence-electron chi connectivity index (χ1n) is 8.17. The van der Waals surface area contributed by atoms with E-state index in [1.54, 1.807) is 6.07 Å². The molecule has 2 unspecified atom stereocenters. The van der Waals surface area contributed by atoms with Gasteiger partial charge in [-0.1, -0.05) is 19.9 Å². The number of aliphatic hydroxyl groups excluding tert-OH is 1. The summed E-state index contributed by atoms with van der Waals surface area (Å²) < 4.78 is 28.6. The Morgan fingerprint density at radius 3 is 2.79 bits per heavy atom. The number of hydrogen-bond acceptors (Lipinski definition) is 4. The van der Waals surface area contributed by atoms with Crippen LogP contribution in [0.15, 0.2) is 24.5 Å². The van der Waals surface area contributed by atoms with Gasteiger partial charge in [-0.3, -0.25) is 4.90 Å². The van der Waals surface area contributed by atoms with E-state index < -0.39 is 17.7 Å². The number of benzene rings is 1. The maximum Gasteiger partial charge on any atom is 0.159 e. The van der Waals surface area contributed by atoms with Crippen LogP contribution in [0.1, 0.15) is 37.7 Å². The fourth-order valence-corrected chi connectivity index (χ4v) is 3.21. The van der Waals surface area contributed by atoms with Gasteiger partial charge in [-0.15, -0.1) is 0 Å². The number of β-amino-alcohol motifs (C(OH)–C–C–N with tert-alkyl or cyclic N) is 1. The van der Waals surface area contributed by atoms with Gasteiger partial charge in [0.25, 0.3) is 0 Å². The molecule has 0 saturated carbocycles. The predicted molar refractivity (Wildman–Crippen MR) is 85.0 cm³/mol. The molecule has 1 saturated heterocycles. The van der Waals surface area contributed by atoms with Crippen LogP contribution in [-0.4, -0.2) is 37.4 Å². The lowest BCUT2D eigenvalue weighted by Gasteiger charge is -2.24. The summed E-state index contributed by atoms with van der Waals surface area (Å²) in [5.74, 6) is -0.473. The summed E-state index contributed by atoms with van der Waals surface area (Å²) in [6, 6.07) is 3.75. The van der Waals surface area contributed by atoms with E-state index in [2.05, 4.69) is 23.9 Å². The van der Waals surface area contributed by atoms with Crippen LogP contribution in [0.2, 0.25) is 0 Å². The molecule has 130 valence electrons. The number of nitrogens with zero attached hydrogens (tertiary/aromatic N) is 4. The second-order valence-electron chi connectivity index (χ2n) is 6.76. The van der Waals surface area contributed by atoms with Gasteiger partial charge in [-0.05, 0) is 30.0 Å². The van der Waals surface area contributed by atoms with Crippen LogP contribution in [0.4, 0.5) is 8.78 Å². The SMILES string of the molecule is CC(C)Cn1ncnc1CN1CC(O)CC1c1ccc(F)c(F)c1. The molecule has 1 aromatic heterocycles. The van der Waals surface area contributed by atoms with Crippen LogP contribution >= 0.6 is 0 Å². The highest BCUT2D eigenvalue weighted by Gasteiger charge is 2.33. The van der Waals surface area contributed by atoms with Gasteiger partial charge in [0, 0.05) is 19.1 Å². The first-order chi connectivity index (χ1) is 11.4. The van der Waals surface area contributed by atoms with Crippen LogP contribution in [0.3, 0.4) is 0 Å². The Balaban J connectivity index is 1.81. The van der Waals surface area contributed by atoms with Crippen molar-refractivity contribution in [3.05, 3.63) is 47.5 Å². The second kappa shape index (κ2) is 6.94. The zero-order valence-electron chi connectivity index (χ0n) is 13.9. The first kappa shape index (κ1) is 17.0. The molecule has 2 atom stereocenters. The maximum atomic E-state index is 13.6. The molecule has 1 aromatic carbocycles. The first-order valence-corrected chi connectivity index (χ1v) is 8.17. The van der Waals surface area contributed by atoms with Gasteiger partial charge in [0.15, 0.2) is 11.6 Å². The average Bonchev–Trinajstić information content (AvgIpc) is 3.09. The second-order valence-corrected chi connectivity index (χ2v) is 6.76. The molecule has 0 spiro atoms. The highest BCUT2D eigenvalue weighted by atomic mass is 19.2. The van der Waals surface area contributed by atoms with Gasteiger partial charge in [0.05, 0.1) is 12.6 Å². The number of likely N-dealkylation sites (tertiary alicyclic amines) is 1. The van der Waals surface area contributed by atoms with E-state index in [0.717, 1.165) is 18.4 Å². The van der Waals surface area contributed by atoms with Crippen LogP contribution < -0.4 is 0 Å². The molecule has 1 aliphatic rings. The number of rotatable bonds is 5. The molecule has 1 aliphatic heterocycles.